The highest BCUT2D eigenvalue weighted by molar-refractivity contribution is 5.76. The van der Waals surface area contributed by atoms with E-state index < -0.39 is 11.9 Å². The predicted molar refractivity (Wildman–Crippen MR) is 58.1 cm³/mol. The number of hydroxylamine groups is 2. The first-order valence-corrected chi connectivity index (χ1v) is 5.05. The molecule has 0 aromatic carbocycles. The second kappa shape index (κ2) is 5.81. The van der Waals surface area contributed by atoms with E-state index in [1.54, 1.807) is 0 Å². The van der Waals surface area contributed by atoms with E-state index in [0.717, 1.165) is 0 Å². The summed E-state index contributed by atoms with van der Waals surface area (Å²) < 4.78 is 0. The highest BCUT2D eigenvalue weighted by Crippen LogP contribution is 2.16. The quantitative estimate of drug-likeness (QED) is 0.512. The molecule has 0 radical (unpaired) electrons. The molecule has 0 unspecified atom stereocenters. The van der Waals surface area contributed by atoms with Gasteiger partial charge in [-0.2, -0.15) is 0 Å². The number of carboxylic acid groups (broad SMARTS) is 1. The van der Waals surface area contributed by atoms with Gasteiger partial charge in [0.25, 0.3) is 0 Å². The first-order valence-electron chi connectivity index (χ1n) is 5.05. The lowest BCUT2D eigenvalue weighted by Crippen LogP contribution is -2.43. The van der Waals surface area contributed by atoms with Crippen LogP contribution in [0.3, 0.4) is 0 Å². The number of nitrogens with zero attached hydrogens (tertiary/aromatic N) is 2. The van der Waals surface area contributed by atoms with Crippen molar-refractivity contribution in [3.05, 3.63) is 0 Å². The largest absolute Gasteiger partial charge is 0.481 e. The van der Waals surface area contributed by atoms with Crippen LogP contribution >= 0.6 is 0 Å². The molecule has 16 heavy (non-hydrogen) atoms. The highest BCUT2D eigenvalue weighted by Gasteiger charge is 2.26. The number of carbonyl (C=O) groups excluding carboxylic acids is 1. The number of carboxylic acids is 1. The molecule has 0 heterocycles. The third kappa shape index (κ3) is 5.09. The van der Waals surface area contributed by atoms with Gasteiger partial charge in [0.05, 0.1) is 13.0 Å². The summed E-state index contributed by atoms with van der Waals surface area (Å²) in [6.45, 7) is 3.56. The summed E-state index contributed by atoms with van der Waals surface area (Å²) in [5, 5.41) is 18.2. The van der Waals surface area contributed by atoms with Crippen molar-refractivity contribution < 1.29 is 19.9 Å². The summed E-state index contributed by atoms with van der Waals surface area (Å²) >= 11 is 0. The van der Waals surface area contributed by atoms with Crippen LogP contribution in [-0.4, -0.2) is 58.3 Å². The Morgan fingerprint density at radius 2 is 1.75 bits per heavy atom. The lowest BCUT2D eigenvalue weighted by Gasteiger charge is -2.32. The Morgan fingerprint density at radius 3 is 2.12 bits per heavy atom. The van der Waals surface area contributed by atoms with E-state index in [2.05, 4.69) is 0 Å². The minimum Gasteiger partial charge on any atom is -0.481 e. The van der Waals surface area contributed by atoms with Crippen molar-refractivity contribution in [2.45, 2.75) is 32.2 Å². The molecule has 0 aliphatic carbocycles. The molecule has 94 valence electrons. The third-order valence-corrected chi connectivity index (χ3v) is 2.62. The van der Waals surface area contributed by atoms with Crippen LogP contribution in [0.1, 0.15) is 26.7 Å². The molecule has 2 N–H and O–H groups in total. The fourth-order valence-electron chi connectivity index (χ4n) is 0.946. The molecule has 6 heteroatoms. The maximum absolute atomic E-state index is 11.5. The van der Waals surface area contributed by atoms with Gasteiger partial charge in [-0.05, 0) is 27.9 Å². The number of hydrogen-bond donors (Lipinski definition) is 2. The van der Waals surface area contributed by atoms with E-state index in [4.69, 9.17) is 5.11 Å². The zero-order chi connectivity index (χ0) is 12.9. The molecule has 0 spiro atoms. The first kappa shape index (κ1) is 14.9. The van der Waals surface area contributed by atoms with Gasteiger partial charge in [-0.3, -0.25) is 14.8 Å². The van der Waals surface area contributed by atoms with Gasteiger partial charge >= 0.3 is 5.97 Å². The molecule has 0 saturated heterocycles. The number of rotatable bonds is 6. The molecule has 0 rings (SSSR count). The Morgan fingerprint density at radius 1 is 1.25 bits per heavy atom. The summed E-state index contributed by atoms with van der Waals surface area (Å²) in [6.07, 6.45) is -0.124. The minimum absolute atomic E-state index is 0.135. The maximum atomic E-state index is 11.5. The zero-order valence-electron chi connectivity index (χ0n) is 10.2. The van der Waals surface area contributed by atoms with Crippen molar-refractivity contribution in [2.24, 2.45) is 0 Å². The highest BCUT2D eigenvalue weighted by atomic mass is 16.5. The SMILES string of the molecule is CN(C)C(C)(C)CC(=O)N(O)CCC(=O)O. The van der Waals surface area contributed by atoms with Crippen molar-refractivity contribution in [2.75, 3.05) is 20.6 Å². The lowest BCUT2D eigenvalue weighted by atomic mass is 9.99. The molecule has 6 nitrogen and oxygen atoms in total. The van der Waals surface area contributed by atoms with Crippen molar-refractivity contribution in [3.63, 3.8) is 0 Å². The van der Waals surface area contributed by atoms with Crippen LogP contribution in [0, 0.1) is 0 Å². The van der Waals surface area contributed by atoms with E-state index in [9.17, 15) is 14.8 Å². The van der Waals surface area contributed by atoms with Gasteiger partial charge in [0, 0.05) is 12.0 Å². The monoisotopic (exact) mass is 232 g/mol. The van der Waals surface area contributed by atoms with Crippen LogP contribution in [0.15, 0.2) is 0 Å². The van der Waals surface area contributed by atoms with Crippen molar-refractivity contribution in [3.8, 4) is 0 Å². The molecule has 0 fully saturated rings. The average Bonchev–Trinajstić information content (AvgIpc) is 2.12. The van der Waals surface area contributed by atoms with E-state index in [-0.39, 0.29) is 24.9 Å². The van der Waals surface area contributed by atoms with Crippen LogP contribution in [-0.2, 0) is 9.59 Å². The average molecular weight is 232 g/mol. The molecule has 0 atom stereocenters. The third-order valence-electron chi connectivity index (χ3n) is 2.62. The number of carbonyl (C=O) groups is 2. The molecule has 0 aliphatic heterocycles. The molecule has 0 saturated carbocycles. The van der Waals surface area contributed by atoms with Gasteiger partial charge in [0.1, 0.15) is 0 Å². The molecule has 0 bridgehead atoms. The van der Waals surface area contributed by atoms with Crippen LogP contribution < -0.4 is 0 Å². The summed E-state index contributed by atoms with van der Waals surface area (Å²) in [5.74, 6) is -1.52. The normalized spacial score (nSPS) is 11.6. The van der Waals surface area contributed by atoms with Gasteiger partial charge < -0.3 is 10.0 Å². The Bertz CT molecular complexity index is 264. The number of aliphatic carboxylic acids is 1. The summed E-state index contributed by atoms with van der Waals surface area (Å²) in [4.78, 5) is 23.7. The summed E-state index contributed by atoms with van der Waals surface area (Å²) in [5.41, 5.74) is -0.374. The predicted octanol–water partition coefficient (Wildman–Crippen LogP) is 0.409. The van der Waals surface area contributed by atoms with E-state index in [1.807, 2.05) is 32.8 Å². The number of amides is 1. The zero-order valence-corrected chi connectivity index (χ0v) is 10.2. The second-order valence-corrected chi connectivity index (χ2v) is 4.54. The van der Waals surface area contributed by atoms with Gasteiger partial charge in [-0.1, -0.05) is 0 Å². The Kier molecular flexibility index (Phi) is 5.40. The van der Waals surface area contributed by atoms with Crippen LogP contribution in [0.2, 0.25) is 0 Å². The fourth-order valence-corrected chi connectivity index (χ4v) is 0.946. The molecular formula is C10H20N2O4. The van der Waals surface area contributed by atoms with Gasteiger partial charge in [-0.15, -0.1) is 0 Å². The minimum atomic E-state index is -1.04. The first-order chi connectivity index (χ1) is 7.16. The van der Waals surface area contributed by atoms with Crippen molar-refractivity contribution in [1.82, 2.24) is 9.96 Å². The Labute approximate surface area is 95.4 Å². The second-order valence-electron chi connectivity index (χ2n) is 4.54. The summed E-state index contributed by atoms with van der Waals surface area (Å²) in [6, 6.07) is 0. The smallest absolute Gasteiger partial charge is 0.305 e. The molecule has 0 aliphatic rings. The topological polar surface area (TPSA) is 81.1 Å². The number of hydrogen-bond acceptors (Lipinski definition) is 4. The molecule has 0 aromatic heterocycles. The maximum Gasteiger partial charge on any atom is 0.305 e. The van der Waals surface area contributed by atoms with Crippen LogP contribution in [0.4, 0.5) is 0 Å². The molecule has 0 aromatic rings. The van der Waals surface area contributed by atoms with Gasteiger partial charge in [0.15, 0.2) is 0 Å². The Balaban J connectivity index is 4.20. The van der Waals surface area contributed by atoms with Crippen molar-refractivity contribution in [1.29, 1.82) is 0 Å². The molecule has 1 amide bonds. The lowest BCUT2D eigenvalue weighted by molar-refractivity contribution is -0.169. The van der Waals surface area contributed by atoms with Crippen LogP contribution in [0.5, 0.6) is 0 Å². The van der Waals surface area contributed by atoms with Crippen molar-refractivity contribution >= 4 is 11.9 Å². The Hall–Kier alpha value is -1.14. The van der Waals surface area contributed by atoms with Gasteiger partial charge in [-0.25, -0.2) is 5.06 Å². The summed E-state index contributed by atoms with van der Waals surface area (Å²) in [7, 11) is 3.68. The van der Waals surface area contributed by atoms with Crippen LogP contribution in [0.25, 0.3) is 0 Å². The van der Waals surface area contributed by atoms with E-state index in [1.165, 1.54) is 0 Å². The van der Waals surface area contributed by atoms with E-state index in [0.29, 0.717) is 5.06 Å². The molecular weight excluding hydrogens is 212 g/mol. The standard InChI is InChI=1S/C10H20N2O4/c1-10(2,11(3)4)7-8(13)12(16)6-5-9(14)15/h16H,5-7H2,1-4H3,(H,14,15). The van der Waals surface area contributed by atoms with Gasteiger partial charge in [0.2, 0.25) is 5.91 Å². The van der Waals surface area contributed by atoms with E-state index >= 15 is 0 Å². The fraction of sp³-hybridized carbons (Fsp3) is 0.800.